The summed E-state index contributed by atoms with van der Waals surface area (Å²) >= 11 is 0. The first kappa shape index (κ1) is 15.4. The monoisotopic (exact) mass is 365 g/mol. The lowest BCUT2D eigenvalue weighted by Crippen LogP contribution is -2.25. The normalized spacial score (nSPS) is 22.8. The van der Waals surface area contributed by atoms with Crippen molar-refractivity contribution in [1.29, 1.82) is 0 Å². The second-order valence-electron chi connectivity index (χ2n) is 6.18. The van der Waals surface area contributed by atoms with E-state index in [0.29, 0.717) is 22.6 Å². The van der Waals surface area contributed by atoms with Gasteiger partial charge in [-0.3, -0.25) is 4.57 Å². The third-order valence-electron chi connectivity index (χ3n) is 4.58. The number of benzene rings is 3. The minimum absolute atomic E-state index is 0.201. The number of hydrogen-bond acceptors (Lipinski definition) is 5. The highest BCUT2D eigenvalue weighted by Crippen LogP contribution is 2.63. The SMILES string of the molecule is O=[P@]1(c2ccccc2)Oc2ccccc2N[C@H]1c1ccc2c(c1)OCO2. The van der Waals surface area contributed by atoms with E-state index >= 15 is 0 Å². The largest absolute Gasteiger partial charge is 0.454 e. The Morgan fingerprint density at radius 2 is 1.62 bits per heavy atom. The number of ether oxygens (including phenoxy) is 2. The van der Waals surface area contributed by atoms with Crippen molar-refractivity contribution in [2.45, 2.75) is 5.78 Å². The van der Waals surface area contributed by atoms with Gasteiger partial charge in [0.25, 0.3) is 0 Å². The van der Waals surface area contributed by atoms with Gasteiger partial charge >= 0.3 is 7.37 Å². The van der Waals surface area contributed by atoms with Crippen LogP contribution in [0.4, 0.5) is 5.69 Å². The molecule has 26 heavy (non-hydrogen) atoms. The molecule has 0 radical (unpaired) electrons. The van der Waals surface area contributed by atoms with E-state index in [0.717, 1.165) is 11.3 Å². The molecule has 5 nitrogen and oxygen atoms in total. The van der Waals surface area contributed by atoms with Gasteiger partial charge in [-0.25, -0.2) is 0 Å². The zero-order chi connectivity index (χ0) is 17.6. The summed E-state index contributed by atoms with van der Waals surface area (Å²) in [5, 5.41) is 4.08. The molecule has 130 valence electrons. The van der Waals surface area contributed by atoms with Crippen LogP contribution in [0.25, 0.3) is 0 Å². The molecule has 5 rings (SSSR count). The summed E-state index contributed by atoms with van der Waals surface area (Å²) in [5.41, 5.74) is 1.65. The lowest BCUT2D eigenvalue weighted by Gasteiger charge is -2.35. The molecule has 0 saturated heterocycles. The van der Waals surface area contributed by atoms with Gasteiger partial charge in [-0.05, 0) is 42.0 Å². The molecule has 2 aliphatic rings. The van der Waals surface area contributed by atoms with Crippen LogP contribution in [0.3, 0.4) is 0 Å². The van der Waals surface area contributed by atoms with E-state index < -0.39 is 13.2 Å². The second kappa shape index (κ2) is 5.82. The summed E-state index contributed by atoms with van der Waals surface area (Å²) in [7, 11) is -3.26. The maximum atomic E-state index is 14.1. The van der Waals surface area contributed by atoms with Crippen LogP contribution in [0.1, 0.15) is 11.3 Å². The van der Waals surface area contributed by atoms with Gasteiger partial charge in [0.1, 0.15) is 11.5 Å². The highest BCUT2D eigenvalue weighted by atomic mass is 31.2. The van der Waals surface area contributed by atoms with E-state index in [1.807, 2.05) is 72.8 Å². The van der Waals surface area contributed by atoms with E-state index in [9.17, 15) is 4.57 Å². The lowest BCUT2D eigenvalue weighted by molar-refractivity contribution is 0.174. The van der Waals surface area contributed by atoms with Gasteiger partial charge in [-0.15, -0.1) is 0 Å². The highest BCUT2D eigenvalue weighted by molar-refractivity contribution is 7.67. The minimum atomic E-state index is -3.26. The van der Waals surface area contributed by atoms with Gasteiger partial charge in [-0.1, -0.05) is 36.4 Å². The molecule has 2 heterocycles. The fraction of sp³-hybridized carbons (Fsp3) is 0.100. The van der Waals surface area contributed by atoms with Crippen LogP contribution in [-0.4, -0.2) is 6.79 Å². The van der Waals surface area contributed by atoms with Crippen LogP contribution >= 0.6 is 7.37 Å². The van der Waals surface area contributed by atoms with Crippen LogP contribution < -0.4 is 24.6 Å². The average Bonchev–Trinajstić information content (AvgIpc) is 3.16. The predicted molar refractivity (Wildman–Crippen MR) is 99.7 cm³/mol. The first-order valence-electron chi connectivity index (χ1n) is 8.34. The molecule has 2 aliphatic heterocycles. The van der Waals surface area contributed by atoms with Crippen LogP contribution in [0.2, 0.25) is 0 Å². The Morgan fingerprint density at radius 1 is 0.846 bits per heavy atom. The van der Waals surface area contributed by atoms with Crippen molar-refractivity contribution >= 4 is 18.4 Å². The Hall–Kier alpha value is -2.91. The molecule has 2 atom stereocenters. The van der Waals surface area contributed by atoms with Crippen LogP contribution in [0, 0.1) is 0 Å². The second-order valence-corrected chi connectivity index (χ2v) is 8.59. The lowest BCUT2D eigenvalue weighted by atomic mass is 10.2. The molecule has 0 saturated carbocycles. The molecule has 0 amide bonds. The summed E-state index contributed by atoms with van der Waals surface area (Å²) < 4.78 is 31.1. The Bertz CT molecular complexity index is 1020. The summed E-state index contributed by atoms with van der Waals surface area (Å²) in [5.74, 6) is 1.43. The summed E-state index contributed by atoms with van der Waals surface area (Å²) in [6.45, 7) is 0.201. The van der Waals surface area contributed by atoms with E-state index in [1.165, 1.54) is 0 Å². The number of hydrogen-bond donors (Lipinski definition) is 1. The molecular formula is C20H16NO4P. The number of nitrogens with one attached hydrogen (secondary N) is 1. The molecule has 0 fully saturated rings. The Labute approximate surface area is 151 Å². The maximum Gasteiger partial charge on any atom is 0.303 e. The molecule has 3 aromatic carbocycles. The fourth-order valence-electron chi connectivity index (χ4n) is 3.30. The van der Waals surface area contributed by atoms with Crippen molar-refractivity contribution in [3.63, 3.8) is 0 Å². The van der Waals surface area contributed by atoms with Crippen molar-refractivity contribution in [2.75, 3.05) is 12.1 Å². The van der Waals surface area contributed by atoms with Gasteiger partial charge in [0.15, 0.2) is 11.5 Å². The highest BCUT2D eigenvalue weighted by Gasteiger charge is 2.43. The van der Waals surface area contributed by atoms with Crippen LogP contribution in [0.5, 0.6) is 17.2 Å². The zero-order valence-corrected chi connectivity index (χ0v) is 14.7. The molecule has 0 aromatic heterocycles. The van der Waals surface area contributed by atoms with Crippen molar-refractivity contribution in [3.05, 3.63) is 78.4 Å². The molecule has 0 unspecified atom stereocenters. The Balaban J connectivity index is 1.67. The molecule has 3 aromatic rings. The molecule has 6 heteroatoms. The first-order chi connectivity index (χ1) is 12.7. The topological polar surface area (TPSA) is 56.8 Å². The number of fused-ring (bicyclic) bond motifs is 2. The van der Waals surface area contributed by atoms with E-state index in [2.05, 4.69) is 5.32 Å². The van der Waals surface area contributed by atoms with Crippen LogP contribution in [0.15, 0.2) is 72.8 Å². The predicted octanol–water partition coefficient (Wildman–Crippen LogP) is 4.52. The van der Waals surface area contributed by atoms with Gasteiger partial charge in [-0.2, -0.15) is 0 Å². The first-order valence-corrected chi connectivity index (χ1v) is 10.0. The van der Waals surface area contributed by atoms with Gasteiger partial charge in [0, 0.05) is 0 Å². The smallest absolute Gasteiger partial charge is 0.303 e. The Morgan fingerprint density at radius 3 is 2.50 bits per heavy atom. The van der Waals surface area contributed by atoms with Gasteiger partial charge < -0.3 is 19.3 Å². The van der Waals surface area contributed by atoms with Crippen molar-refractivity contribution in [1.82, 2.24) is 0 Å². The molecule has 0 spiro atoms. The van der Waals surface area contributed by atoms with Gasteiger partial charge in [0.05, 0.1) is 11.0 Å². The van der Waals surface area contributed by atoms with E-state index in [1.54, 1.807) is 0 Å². The van der Waals surface area contributed by atoms with Crippen LogP contribution in [-0.2, 0) is 4.57 Å². The number of anilines is 1. The van der Waals surface area contributed by atoms with E-state index in [4.69, 9.17) is 14.0 Å². The fourth-order valence-corrected chi connectivity index (χ4v) is 5.71. The minimum Gasteiger partial charge on any atom is -0.454 e. The molecule has 0 aliphatic carbocycles. The third-order valence-corrected chi connectivity index (χ3v) is 7.17. The quantitative estimate of drug-likeness (QED) is 0.677. The number of para-hydroxylation sites is 2. The number of rotatable bonds is 2. The molecule has 1 N–H and O–H groups in total. The van der Waals surface area contributed by atoms with Crippen molar-refractivity contribution < 1.29 is 18.6 Å². The standard InChI is InChI=1S/C20H16NO4P/c22-26(15-6-2-1-3-7-15)20(21-16-8-4-5-9-17(16)25-26)14-10-11-18-19(12-14)24-13-23-18/h1-12,20-21H,13H2/t20-,26-/m1/s1. The zero-order valence-electron chi connectivity index (χ0n) is 13.8. The van der Waals surface area contributed by atoms with Crippen molar-refractivity contribution in [3.8, 4) is 17.2 Å². The van der Waals surface area contributed by atoms with E-state index in [-0.39, 0.29) is 6.79 Å². The third kappa shape index (κ3) is 2.36. The van der Waals surface area contributed by atoms with Gasteiger partial charge in [0.2, 0.25) is 6.79 Å². The molecular weight excluding hydrogens is 349 g/mol. The summed E-state index contributed by atoms with van der Waals surface area (Å²) in [6.07, 6.45) is 0. The average molecular weight is 365 g/mol. The Kier molecular flexibility index (Phi) is 3.44. The summed E-state index contributed by atoms with van der Waals surface area (Å²) in [4.78, 5) is 0. The summed E-state index contributed by atoms with van der Waals surface area (Å²) in [6, 6.07) is 22.5. The molecule has 0 bridgehead atoms. The maximum absolute atomic E-state index is 14.1. The van der Waals surface area contributed by atoms with Crippen molar-refractivity contribution in [2.24, 2.45) is 0 Å².